The Kier molecular flexibility index (Phi) is 4.51. The van der Waals surface area contributed by atoms with Gasteiger partial charge < -0.3 is 9.84 Å². The molecule has 2 unspecified atom stereocenters. The van der Waals surface area contributed by atoms with Crippen molar-refractivity contribution < 1.29 is 27.8 Å². The molecule has 1 aromatic heterocycles. The van der Waals surface area contributed by atoms with Gasteiger partial charge in [-0.05, 0) is 43.2 Å². The molecule has 0 amide bonds. The second kappa shape index (κ2) is 6.41. The first-order valence-electron chi connectivity index (χ1n) is 8.06. The van der Waals surface area contributed by atoms with Gasteiger partial charge in [0.05, 0.1) is 5.70 Å². The van der Waals surface area contributed by atoms with Crippen molar-refractivity contribution in [2.24, 2.45) is 0 Å². The van der Waals surface area contributed by atoms with Crippen LogP contribution in [0.3, 0.4) is 0 Å². The molecule has 2 aliphatic heterocycles. The molecular weight excluding hydrogens is 363 g/mol. The number of fused-ring (bicyclic) bond motifs is 3. The van der Waals surface area contributed by atoms with Crippen LogP contribution in [0.1, 0.15) is 13.8 Å². The van der Waals surface area contributed by atoms with E-state index in [0.29, 0.717) is 0 Å². The van der Waals surface area contributed by atoms with Crippen LogP contribution in [0.2, 0.25) is 0 Å². The number of allylic oxidation sites excluding steroid dienone is 2. The fraction of sp³-hybridized carbons (Fsp3) is 0.333. The number of carboxylic acid groups (broad SMARTS) is 1. The lowest BCUT2D eigenvalue weighted by molar-refractivity contribution is -0.192. The first-order valence-corrected chi connectivity index (χ1v) is 8.06. The average molecular weight is 381 g/mol. The molecule has 1 spiro atoms. The number of aliphatic carboxylic acids is 1. The molecule has 0 fully saturated rings. The first kappa shape index (κ1) is 19.0. The maximum Gasteiger partial charge on any atom is 0.490 e. The summed E-state index contributed by atoms with van der Waals surface area (Å²) in [6.45, 7) is 4.29. The number of rotatable bonds is 1. The number of carboxylic acids is 1. The predicted molar refractivity (Wildman–Crippen MR) is 92.9 cm³/mol. The molecule has 6 nitrogen and oxygen atoms in total. The summed E-state index contributed by atoms with van der Waals surface area (Å²) in [5, 5.41) is 7.12. The second-order valence-corrected chi connectivity index (χ2v) is 6.33. The molecule has 3 aliphatic rings. The predicted octanol–water partition coefficient (Wildman–Crippen LogP) is 3.36. The fourth-order valence-electron chi connectivity index (χ4n) is 3.75. The Hall–Kier alpha value is -2.81. The Balaban J connectivity index is 0.000000260. The van der Waals surface area contributed by atoms with E-state index in [1.54, 1.807) is 7.11 Å². The molecule has 27 heavy (non-hydrogen) atoms. The topological polar surface area (TPSA) is 67.6 Å². The van der Waals surface area contributed by atoms with Crippen LogP contribution in [-0.2, 0) is 9.53 Å². The van der Waals surface area contributed by atoms with Crippen molar-refractivity contribution >= 4 is 17.6 Å². The summed E-state index contributed by atoms with van der Waals surface area (Å²) in [5.41, 5.74) is 3.48. The summed E-state index contributed by atoms with van der Waals surface area (Å²) < 4.78 is 39.6. The average Bonchev–Trinajstić information content (AvgIpc) is 3.12. The Morgan fingerprint density at radius 1 is 1.33 bits per heavy atom. The Bertz CT molecular complexity index is 895. The molecular formula is C18H18F3N3O3. The third-order valence-electron chi connectivity index (χ3n) is 4.66. The molecule has 144 valence electrons. The summed E-state index contributed by atoms with van der Waals surface area (Å²) >= 11 is 0. The SMILES string of the molecule is COC1C(C)=CC23C=CC=CN2c2nccn2C3=C1C.O=C(O)C(F)(F)F. The number of nitrogens with zero attached hydrogens (tertiary/aromatic N) is 3. The van der Waals surface area contributed by atoms with Gasteiger partial charge in [0.15, 0.2) is 0 Å². The van der Waals surface area contributed by atoms with Crippen LogP contribution < -0.4 is 4.90 Å². The van der Waals surface area contributed by atoms with Gasteiger partial charge in [0.25, 0.3) is 0 Å². The number of anilines is 1. The largest absolute Gasteiger partial charge is 0.490 e. The van der Waals surface area contributed by atoms with Crippen LogP contribution in [0.4, 0.5) is 19.1 Å². The normalized spacial score (nSPS) is 25.3. The van der Waals surface area contributed by atoms with Crippen molar-refractivity contribution in [3.8, 4) is 0 Å². The van der Waals surface area contributed by atoms with Crippen molar-refractivity contribution in [3.63, 3.8) is 0 Å². The number of aromatic nitrogens is 2. The maximum absolute atomic E-state index is 10.6. The zero-order valence-corrected chi connectivity index (χ0v) is 14.9. The number of carbonyl (C=O) groups is 1. The number of halogens is 3. The van der Waals surface area contributed by atoms with Gasteiger partial charge in [-0.1, -0.05) is 6.08 Å². The van der Waals surface area contributed by atoms with E-state index in [1.165, 1.54) is 16.8 Å². The molecule has 0 bridgehead atoms. The monoisotopic (exact) mass is 381 g/mol. The molecule has 0 saturated carbocycles. The molecule has 0 saturated heterocycles. The van der Waals surface area contributed by atoms with E-state index in [4.69, 9.17) is 14.6 Å². The van der Waals surface area contributed by atoms with Gasteiger partial charge in [-0.25, -0.2) is 9.78 Å². The van der Waals surface area contributed by atoms with Gasteiger partial charge >= 0.3 is 12.1 Å². The van der Waals surface area contributed by atoms with E-state index in [0.717, 1.165) is 5.95 Å². The first-order chi connectivity index (χ1) is 12.6. The minimum atomic E-state index is -5.08. The van der Waals surface area contributed by atoms with Crippen molar-refractivity contribution in [2.45, 2.75) is 31.7 Å². The van der Waals surface area contributed by atoms with E-state index >= 15 is 0 Å². The quantitative estimate of drug-likeness (QED) is 0.756. The molecule has 0 aromatic carbocycles. The van der Waals surface area contributed by atoms with Crippen molar-refractivity contribution in [2.75, 3.05) is 12.0 Å². The molecule has 4 rings (SSSR count). The Labute approximate surface area is 153 Å². The summed E-state index contributed by atoms with van der Waals surface area (Å²) in [7, 11) is 1.77. The standard InChI is InChI=1S/C16H17N3O.C2HF3O2/c1-11-10-16-6-4-5-8-19(16)15-17-7-9-18(15)14(16)12(2)13(11)20-3;3-2(4,5)1(6)7/h4-10,13H,1-3H3;(H,6,7). The number of alkyl halides is 3. The zero-order valence-electron chi connectivity index (χ0n) is 14.9. The van der Waals surface area contributed by atoms with Gasteiger partial charge in [-0.15, -0.1) is 0 Å². The van der Waals surface area contributed by atoms with Gasteiger partial charge in [0.1, 0.15) is 11.6 Å². The van der Waals surface area contributed by atoms with Crippen molar-refractivity contribution in [1.82, 2.24) is 9.55 Å². The highest BCUT2D eigenvalue weighted by atomic mass is 19.4. The lowest BCUT2D eigenvalue weighted by atomic mass is 9.80. The molecule has 0 radical (unpaired) electrons. The molecule has 2 atom stereocenters. The summed E-state index contributed by atoms with van der Waals surface area (Å²) in [4.78, 5) is 15.6. The van der Waals surface area contributed by atoms with Crippen LogP contribution in [0, 0.1) is 0 Å². The van der Waals surface area contributed by atoms with E-state index < -0.39 is 12.1 Å². The minimum Gasteiger partial charge on any atom is -0.475 e. The number of imidazole rings is 1. The van der Waals surface area contributed by atoms with Crippen LogP contribution in [0.15, 0.2) is 54.0 Å². The maximum atomic E-state index is 10.6. The van der Waals surface area contributed by atoms with Gasteiger partial charge in [0.2, 0.25) is 5.95 Å². The van der Waals surface area contributed by atoms with Crippen LogP contribution >= 0.6 is 0 Å². The van der Waals surface area contributed by atoms with Crippen molar-refractivity contribution in [3.05, 3.63) is 54.0 Å². The van der Waals surface area contributed by atoms with Gasteiger partial charge in [0, 0.05) is 25.7 Å². The van der Waals surface area contributed by atoms with Gasteiger partial charge in [-0.2, -0.15) is 13.2 Å². The van der Waals surface area contributed by atoms with E-state index in [-0.39, 0.29) is 11.6 Å². The number of methoxy groups -OCH3 is 1. The van der Waals surface area contributed by atoms with Crippen LogP contribution in [0.5, 0.6) is 0 Å². The van der Waals surface area contributed by atoms with E-state index in [2.05, 4.69) is 52.7 Å². The Morgan fingerprint density at radius 3 is 2.59 bits per heavy atom. The molecule has 9 heteroatoms. The third kappa shape index (κ3) is 2.87. The highest BCUT2D eigenvalue weighted by Gasteiger charge is 2.49. The number of hydrogen-bond donors (Lipinski definition) is 1. The molecule has 1 N–H and O–H groups in total. The zero-order chi connectivity index (χ0) is 20.0. The fourth-order valence-corrected chi connectivity index (χ4v) is 3.75. The summed E-state index contributed by atoms with van der Waals surface area (Å²) in [6, 6.07) is 0. The van der Waals surface area contributed by atoms with Crippen LogP contribution in [-0.4, -0.2) is 45.6 Å². The highest BCUT2D eigenvalue weighted by molar-refractivity contribution is 5.84. The summed E-state index contributed by atoms with van der Waals surface area (Å²) in [6.07, 6.45) is 9.60. The Morgan fingerprint density at radius 2 is 2.00 bits per heavy atom. The summed E-state index contributed by atoms with van der Waals surface area (Å²) in [5.74, 6) is -1.80. The third-order valence-corrected chi connectivity index (χ3v) is 4.66. The second-order valence-electron chi connectivity index (χ2n) is 6.33. The molecule has 1 aromatic rings. The minimum absolute atomic E-state index is 0.0464. The molecule has 1 aliphatic carbocycles. The number of hydrogen-bond acceptors (Lipinski definition) is 4. The van der Waals surface area contributed by atoms with Crippen LogP contribution in [0.25, 0.3) is 5.70 Å². The molecule has 3 heterocycles. The van der Waals surface area contributed by atoms with E-state index in [1.807, 2.05) is 18.5 Å². The lowest BCUT2D eigenvalue weighted by Crippen LogP contribution is -2.44. The van der Waals surface area contributed by atoms with Crippen molar-refractivity contribution in [1.29, 1.82) is 0 Å². The highest BCUT2D eigenvalue weighted by Crippen LogP contribution is 2.50. The number of ether oxygens (including phenoxy) is 1. The van der Waals surface area contributed by atoms with E-state index in [9.17, 15) is 13.2 Å². The van der Waals surface area contributed by atoms with Gasteiger partial charge in [-0.3, -0.25) is 9.47 Å². The lowest BCUT2D eigenvalue weighted by Gasteiger charge is -2.39. The smallest absolute Gasteiger partial charge is 0.475 e.